The first-order chi connectivity index (χ1) is 9.58. The third kappa shape index (κ3) is 4.58. The van der Waals surface area contributed by atoms with Crippen LogP contribution in [0.15, 0.2) is 0 Å². The summed E-state index contributed by atoms with van der Waals surface area (Å²) in [6.07, 6.45) is -0.247. The monoisotopic (exact) mass is 299 g/mol. The number of carbonyl (C=O) groups is 1. The van der Waals surface area contributed by atoms with Gasteiger partial charge in [0.15, 0.2) is 0 Å². The van der Waals surface area contributed by atoms with Crippen molar-refractivity contribution in [1.82, 2.24) is 15.3 Å². The molecular weight excluding hydrogens is 266 g/mol. The van der Waals surface area contributed by atoms with Gasteiger partial charge >= 0.3 is 6.09 Å². The Hall–Kier alpha value is -0.810. The van der Waals surface area contributed by atoms with E-state index >= 15 is 0 Å². The Bertz CT molecular complexity index is 354. The van der Waals surface area contributed by atoms with E-state index in [-0.39, 0.29) is 6.09 Å². The number of hydrogen-bond acceptors (Lipinski definition) is 4. The average molecular weight is 299 g/mol. The summed E-state index contributed by atoms with van der Waals surface area (Å²) in [6, 6.07) is 0.310. The molecular formula is C16H33N3O2. The number of hydrazine groups is 1. The van der Waals surface area contributed by atoms with Gasteiger partial charge in [-0.05, 0) is 59.0 Å². The van der Waals surface area contributed by atoms with Gasteiger partial charge in [0.1, 0.15) is 5.60 Å². The molecule has 4 unspecified atom stereocenters. The van der Waals surface area contributed by atoms with Crippen molar-refractivity contribution >= 4 is 6.09 Å². The predicted molar refractivity (Wildman–Crippen MR) is 85.9 cm³/mol. The van der Waals surface area contributed by atoms with Gasteiger partial charge < -0.3 is 10.1 Å². The Balaban J connectivity index is 2.81. The quantitative estimate of drug-likeness (QED) is 0.870. The summed E-state index contributed by atoms with van der Waals surface area (Å²) in [7, 11) is 3.98. The maximum atomic E-state index is 12.4. The number of amides is 1. The zero-order valence-electron chi connectivity index (χ0n) is 14.9. The van der Waals surface area contributed by atoms with Crippen molar-refractivity contribution in [2.75, 3.05) is 27.2 Å². The van der Waals surface area contributed by atoms with Crippen molar-refractivity contribution in [2.24, 2.45) is 17.8 Å². The molecule has 0 spiro atoms. The smallest absolute Gasteiger partial charge is 0.424 e. The van der Waals surface area contributed by atoms with Crippen LogP contribution in [-0.4, -0.2) is 54.9 Å². The van der Waals surface area contributed by atoms with Gasteiger partial charge in [0.25, 0.3) is 0 Å². The summed E-state index contributed by atoms with van der Waals surface area (Å²) in [4.78, 5) is 12.4. The SMILES string of the molecule is CNCC(C)C1C(C)CN(C(=O)OC(C)(C)C)N(C)C1C. The highest BCUT2D eigenvalue weighted by atomic mass is 16.6. The van der Waals surface area contributed by atoms with Crippen LogP contribution in [0.2, 0.25) is 0 Å². The standard InChI is InChI=1S/C16H33N3O2/c1-11(9-17-7)14-12(2)10-19(18(8)13(14)3)15(20)21-16(4,5)6/h11-14,17H,9-10H2,1-8H3. The topological polar surface area (TPSA) is 44.8 Å². The minimum Gasteiger partial charge on any atom is -0.443 e. The molecule has 124 valence electrons. The molecule has 5 heteroatoms. The number of ether oxygens (including phenoxy) is 1. The molecule has 1 aliphatic rings. The molecule has 0 radical (unpaired) electrons. The zero-order valence-corrected chi connectivity index (χ0v) is 14.9. The molecule has 21 heavy (non-hydrogen) atoms. The summed E-state index contributed by atoms with van der Waals surface area (Å²) < 4.78 is 5.52. The van der Waals surface area contributed by atoms with E-state index in [1.165, 1.54) is 0 Å². The highest BCUT2D eigenvalue weighted by molar-refractivity contribution is 5.67. The van der Waals surface area contributed by atoms with Gasteiger partial charge in [-0.15, -0.1) is 0 Å². The Morgan fingerprint density at radius 1 is 1.38 bits per heavy atom. The molecule has 1 N–H and O–H groups in total. The lowest BCUT2D eigenvalue weighted by Crippen LogP contribution is -2.61. The third-order valence-corrected chi connectivity index (χ3v) is 4.43. The number of rotatable bonds is 3. The second kappa shape index (κ2) is 6.97. The fourth-order valence-corrected chi connectivity index (χ4v) is 3.48. The molecule has 5 nitrogen and oxygen atoms in total. The van der Waals surface area contributed by atoms with Gasteiger partial charge in [-0.2, -0.15) is 0 Å². The molecule has 0 aliphatic carbocycles. The number of carbonyl (C=O) groups excluding carboxylic acids is 1. The normalized spacial score (nSPS) is 29.3. The first-order valence-corrected chi connectivity index (χ1v) is 7.96. The summed E-state index contributed by atoms with van der Waals surface area (Å²) in [5.41, 5.74) is -0.458. The molecule has 1 fully saturated rings. The van der Waals surface area contributed by atoms with E-state index in [0.717, 1.165) is 6.54 Å². The molecule has 4 atom stereocenters. The molecule has 1 rings (SSSR count). The van der Waals surface area contributed by atoms with Crippen LogP contribution >= 0.6 is 0 Å². The van der Waals surface area contributed by atoms with E-state index in [2.05, 4.69) is 26.1 Å². The second-order valence-electron chi connectivity index (χ2n) is 7.47. The zero-order chi connectivity index (χ0) is 16.4. The van der Waals surface area contributed by atoms with E-state index in [1.54, 1.807) is 5.01 Å². The van der Waals surface area contributed by atoms with E-state index < -0.39 is 5.60 Å². The Morgan fingerprint density at radius 2 is 1.95 bits per heavy atom. The van der Waals surface area contributed by atoms with E-state index in [9.17, 15) is 4.79 Å². The van der Waals surface area contributed by atoms with Crippen LogP contribution in [0.5, 0.6) is 0 Å². The van der Waals surface area contributed by atoms with Crippen molar-refractivity contribution in [3.63, 3.8) is 0 Å². The molecule has 1 amide bonds. The predicted octanol–water partition coefficient (Wildman–Crippen LogP) is 2.58. The largest absolute Gasteiger partial charge is 0.443 e. The molecule has 0 aromatic rings. The molecule has 0 aromatic heterocycles. The summed E-state index contributed by atoms with van der Waals surface area (Å²) in [5, 5.41) is 7.06. The molecule has 1 saturated heterocycles. The molecule has 0 aromatic carbocycles. The number of hydrogen-bond donors (Lipinski definition) is 1. The van der Waals surface area contributed by atoms with Crippen LogP contribution in [0.1, 0.15) is 41.5 Å². The van der Waals surface area contributed by atoms with Gasteiger partial charge in [-0.3, -0.25) is 0 Å². The molecule has 0 bridgehead atoms. The minimum atomic E-state index is -0.458. The van der Waals surface area contributed by atoms with Crippen LogP contribution in [0, 0.1) is 17.8 Å². The molecule has 1 aliphatic heterocycles. The Labute approximate surface area is 130 Å². The van der Waals surface area contributed by atoms with Gasteiger partial charge in [0, 0.05) is 19.6 Å². The van der Waals surface area contributed by atoms with Crippen LogP contribution < -0.4 is 5.32 Å². The van der Waals surface area contributed by atoms with Gasteiger partial charge in [-0.25, -0.2) is 14.8 Å². The summed E-state index contributed by atoms with van der Waals surface area (Å²) in [6.45, 7) is 14.1. The van der Waals surface area contributed by atoms with E-state index in [0.29, 0.717) is 30.3 Å². The summed E-state index contributed by atoms with van der Waals surface area (Å²) >= 11 is 0. The first kappa shape index (κ1) is 18.2. The lowest BCUT2D eigenvalue weighted by molar-refractivity contribution is -0.117. The summed E-state index contributed by atoms with van der Waals surface area (Å²) in [5.74, 6) is 1.58. The Kier molecular flexibility index (Phi) is 6.05. The second-order valence-corrected chi connectivity index (χ2v) is 7.47. The van der Waals surface area contributed by atoms with Crippen molar-refractivity contribution in [3.05, 3.63) is 0 Å². The number of nitrogens with zero attached hydrogens (tertiary/aromatic N) is 2. The highest BCUT2D eigenvalue weighted by Crippen LogP contribution is 2.33. The van der Waals surface area contributed by atoms with Gasteiger partial charge in [-0.1, -0.05) is 13.8 Å². The van der Waals surface area contributed by atoms with Crippen LogP contribution in [-0.2, 0) is 4.74 Å². The van der Waals surface area contributed by atoms with Gasteiger partial charge in [0.05, 0.1) is 0 Å². The lowest BCUT2D eigenvalue weighted by atomic mass is 9.77. The first-order valence-electron chi connectivity index (χ1n) is 7.96. The van der Waals surface area contributed by atoms with E-state index in [4.69, 9.17) is 4.74 Å². The van der Waals surface area contributed by atoms with Crippen molar-refractivity contribution in [3.8, 4) is 0 Å². The van der Waals surface area contributed by atoms with Crippen molar-refractivity contribution in [1.29, 1.82) is 0 Å². The minimum absolute atomic E-state index is 0.247. The van der Waals surface area contributed by atoms with Crippen LogP contribution in [0.4, 0.5) is 4.79 Å². The fraction of sp³-hybridized carbons (Fsp3) is 0.938. The van der Waals surface area contributed by atoms with Crippen molar-refractivity contribution in [2.45, 2.75) is 53.2 Å². The maximum Gasteiger partial charge on any atom is 0.424 e. The van der Waals surface area contributed by atoms with Crippen LogP contribution in [0.25, 0.3) is 0 Å². The van der Waals surface area contributed by atoms with E-state index in [1.807, 2.05) is 39.9 Å². The average Bonchev–Trinajstić information content (AvgIpc) is 2.32. The number of nitrogens with one attached hydrogen (secondary N) is 1. The molecule has 1 heterocycles. The van der Waals surface area contributed by atoms with Crippen LogP contribution in [0.3, 0.4) is 0 Å². The Morgan fingerprint density at radius 3 is 2.43 bits per heavy atom. The lowest BCUT2D eigenvalue weighted by Gasteiger charge is -2.49. The highest BCUT2D eigenvalue weighted by Gasteiger charge is 2.41. The molecule has 0 saturated carbocycles. The fourth-order valence-electron chi connectivity index (χ4n) is 3.48. The maximum absolute atomic E-state index is 12.4. The van der Waals surface area contributed by atoms with Gasteiger partial charge in [0.2, 0.25) is 0 Å². The third-order valence-electron chi connectivity index (χ3n) is 4.43. The van der Waals surface area contributed by atoms with Crippen molar-refractivity contribution < 1.29 is 9.53 Å².